The topological polar surface area (TPSA) is 30.2 Å². The lowest BCUT2D eigenvalue weighted by atomic mass is 9.79. The second-order valence-electron chi connectivity index (χ2n) is 5.13. The first kappa shape index (κ1) is 10.1. The average Bonchev–Trinajstić information content (AvgIpc) is 2.77. The van der Waals surface area contributed by atoms with Gasteiger partial charge in [-0.1, -0.05) is 18.2 Å². The van der Waals surface area contributed by atoms with Crippen molar-refractivity contribution in [1.29, 1.82) is 0 Å². The van der Waals surface area contributed by atoms with Crippen LogP contribution in [0.25, 0.3) is 16.5 Å². The van der Waals surface area contributed by atoms with Crippen molar-refractivity contribution in [3.05, 3.63) is 41.2 Å². The van der Waals surface area contributed by atoms with Crippen LogP contribution in [-0.2, 0) is 11.2 Å². The number of allylic oxidation sites excluding steroid dienone is 2. The van der Waals surface area contributed by atoms with E-state index in [9.17, 15) is 4.79 Å². The van der Waals surface area contributed by atoms with E-state index in [1.165, 1.54) is 16.5 Å². The predicted molar refractivity (Wildman–Crippen MR) is 70.3 cm³/mol. The molecule has 2 nitrogen and oxygen atoms in total. The first-order valence-corrected chi connectivity index (χ1v) is 6.60. The van der Waals surface area contributed by atoms with Gasteiger partial charge in [-0.05, 0) is 36.5 Å². The maximum Gasteiger partial charge on any atom is 0.159 e. The number of rotatable bonds is 0. The van der Waals surface area contributed by atoms with Gasteiger partial charge in [-0.25, -0.2) is 0 Å². The van der Waals surface area contributed by atoms with Crippen LogP contribution >= 0.6 is 0 Å². The molecule has 0 fully saturated rings. The van der Waals surface area contributed by atoms with Crippen molar-refractivity contribution in [2.24, 2.45) is 0 Å². The molecule has 2 heteroatoms. The summed E-state index contributed by atoms with van der Waals surface area (Å²) >= 11 is 0. The molecule has 0 atom stereocenters. The van der Waals surface area contributed by atoms with Crippen LogP contribution in [0.2, 0.25) is 0 Å². The first-order valence-electron chi connectivity index (χ1n) is 6.60. The standard InChI is InChI=1S/C16H14O2/c17-13-6-3-5-11-10(13)8-9-15-16(11)12-4-1-2-7-14(12)18-15/h1-2,4,7H,3,5-6,8-9H2. The summed E-state index contributed by atoms with van der Waals surface area (Å²) in [7, 11) is 0. The van der Waals surface area contributed by atoms with E-state index in [-0.39, 0.29) is 0 Å². The lowest BCUT2D eigenvalue weighted by molar-refractivity contribution is -0.116. The molecule has 0 unspecified atom stereocenters. The first-order chi connectivity index (χ1) is 8.84. The van der Waals surface area contributed by atoms with E-state index in [0.717, 1.165) is 49.0 Å². The third-order valence-electron chi connectivity index (χ3n) is 4.10. The normalized spacial score (nSPS) is 19.0. The van der Waals surface area contributed by atoms with Gasteiger partial charge in [0.15, 0.2) is 5.78 Å². The van der Waals surface area contributed by atoms with Crippen LogP contribution in [0.1, 0.15) is 37.0 Å². The molecule has 90 valence electrons. The number of carbonyl (C=O) groups excluding carboxylic acids is 1. The second kappa shape index (κ2) is 3.58. The summed E-state index contributed by atoms with van der Waals surface area (Å²) in [4.78, 5) is 12.0. The third-order valence-corrected chi connectivity index (χ3v) is 4.10. The number of hydrogen-bond donors (Lipinski definition) is 0. The highest BCUT2D eigenvalue weighted by atomic mass is 16.3. The van der Waals surface area contributed by atoms with Crippen LogP contribution < -0.4 is 0 Å². The van der Waals surface area contributed by atoms with Gasteiger partial charge in [0.2, 0.25) is 0 Å². The highest BCUT2D eigenvalue weighted by Crippen LogP contribution is 2.43. The van der Waals surface area contributed by atoms with Gasteiger partial charge in [-0.2, -0.15) is 0 Å². The Hall–Kier alpha value is -1.83. The maximum absolute atomic E-state index is 12.0. The van der Waals surface area contributed by atoms with Crippen molar-refractivity contribution in [2.75, 3.05) is 0 Å². The quantitative estimate of drug-likeness (QED) is 0.697. The van der Waals surface area contributed by atoms with Crippen LogP contribution in [0.4, 0.5) is 0 Å². The summed E-state index contributed by atoms with van der Waals surface area (Å²) in [5, 5.41) is 1.18. The minimum atomic E-state index is 0.354. The predicted octanol–water partition coefficient (Wildman–Crippen LogP) is 3.89. The molecule has 2 aromatic rings. The van der Waals surface area contributed by atoms with Crippen molar-refractivity contribution in [2.45, 2.75) is 32.1 Å². The zero-order valence-corrected chi connectivity index (χ0v) is 10.2. The van der Waals surface area contributed by atoms with Gasteiger partial charge in [0.05, 0.1) is 0 Å². The molecule has 18 heavy (non-hydrogen) atoms. The number of benzene rings is 1. The van der Waals surface area contributed by atoms with E-state index in [4.69, 9.17) is 4.42 Å². The fourth-order valence-corrected chi connectivity index (χ4v) is 3.30. The second-order valence-corrected chi connectivity index (χ2v) is 5.13. The Morgan fingerprint density at radius 2 is 1.83 bits per heavy atom. The number of hydrogen-bond acceptors (Lipinski definition) is 2. The highest BCUT2D eigenvalue weighted by Gasteiger charge is 2.29. The molecule has 0 radical (unpaired) electrons. The molecule has 0 bridgehead atoms. The molecule has 2 aliphatic rings. The van der Waals surface area contributed by atoms with Crippen LogP contribution in [0, 0.1) is 0 Å². The summed E-state index contributed by atoms with van der Waals surface area (Å²) in [6, 6.07) is 8.15. The number of fused-ring (bicyclic) bond motifs is 4. The highest BCUT2D eigenvalue weighted by molar-refractivity contribution is 6.08. The molecular weight excluding hydrogens is 224 g/mol. The Labute approximate surface area is 105 Å². The van der Waals surface area contributed by atoms with Gasteiger partial charge in [0.25, 0.3) is 0 Å². The van der Waals surface area contributed by atoms with E-state index >= 15 is 0 Å². The summed E-state index contributed by atoms with van der Waals surface area (Å²) in [6.45, 7) is 0. The minimum Gasteiger partial charge on any atom is -0.460 e. The number of carbonyl (C=O) groups is 1. The summed E-state index contributed by atoms with van der Waals surface area (Å²) in [6.07, 6.45) is 4.47. The van der Waals surface area contributed by atoms with Gasteiger partial charge < -0.3 is 4.42 Å². The van der Waals surface area contributed by atoms with Crippen LogP contribution in [0.5, 0.6) is 0 Å². The van der Waals surface area contributed by atoms with Crippen LogP contribution in [-0.4, -0.2) is 5.78 Å². The third kappa shape index (κ3) is 1.26. The molecule has 4 rings (SSSR count). The fourth-order valence-electron chi connectivity index (χ4n) is 3.30. The molecular formula is C16H14O2. The number of aryl methyl sites for hydroxylation is 1. The molecule has 0 saturated heterocycles. The molecule has 1 aromatic heterocycles. The molecule has 0 spiro atoms. The Morgan fingerprint density at radius 1 is 0.944 bits per heavy atom. The average molecular weight is 238 g/mol. The minimum absolute atomic E-state index is 0.354. The van der Waals surface area contributed by atoms with Gasteiger partial charge in [-0.15, -0.1) is 0 Å². The summed E-state index contributed by atoms with van der Waals surface area (Å²) < 4.78 is 5.93. The molecule has 2 aliphatic carbocycles. The zero-order chi connectivity index (χ0) is 12.1. The number of ketones is 1. The Balaban J connectivity index is 2.05. The molecule has 0 saturated carbocycles. The van der Waals surface area contributed by atoms with Gasteiger partial charge >= 0.3 is 0 Å². The summed E-state index contributed by atoms with van der Waals surface area (Å²) in [5.41, 5.74) is 4.51. The fraction of sp³-hybridized carbons (Fsp3) is 0.312. The molecule has 0 N–H and O–H groups in total. The molecule has 1 heterocycles. The molecule has 0 aliphatic heterocycles. The van der Waals surface area contributed by atoms with Crippen LogP contribution in [0.3, 0.4) is 0 Å². The van der Waals surface area contributed by atoms with Crippen molar-refractivity contribution in [3.8, 4) is 0 Å². The lowest BCUT2D eigenvalue weighted by Gasteiger charge is -2.23. The van der Waals surface area contributed by atoms with E-state index in [1.54, 1.807) is 0 Å². The smallest absolute Gasteiger partial charge is 0.159 e. The van der Waals surface area contributed by atoms with Gasteiger partial charge in [0.1, 0.15) is 11.3 Å². The van der Waals surface area contributed by atoms with Crippen molar-refractivity contribution < 1.29 is 9.21 Å². The Bertz CT molecular complexity index is 688. The van der Waals surface area contributed by atoms with Crippen molar-refractivity contribution in [1.82, 2.24) is 0 Å². The molecule has 0 amide bonds. The van der Waals surface area contributed by atoms with Gasteiger partial charge in [-0.3, -0.25) is 4.79 Å². The Kier molecular flexibility index (Phi) is 2.01. The SMILES string of the molecule is O=C1CCCC2=C1CCc1oc3ccccc3c12. The van der Waals surface area contributed by atoms with E-state index in [0.29, 0.717) is 5.78 Å². The van der Waals surface area contributed by atoms with E-state index < -0.39 is 0 Å². The van der Waals surface area contributed by atoms with Crippen molar-refractivity contribution >= 4 is 22.3 Å². The number of para-hydroxylation sites is 1. The lowest BCUT2D eigenvalue weighted by Crippen LogP contribution is -2.15. The maximum atomic E-state index is 12.0. The summed E-state index contributed by atoms with van der Waals surface area (Å²) in [5.74, 6) is 1.43. The van der Waals surface area contributed by atoms with E-state index in [2.05, 4.69) is 6.07 Å². The van der Waals surface area contributed by atoms with E-state index in [1.807, 2.05) is 18.2 Å². The van der Waals surface area contributed by atoms with Crippen molar-refractivity contribution in [3.63, 3.8) is 0 Å². The molecule has 1 aromatic carbocycles. The van der Waals surface area contributed by atoms with Gasteiger partial charge in [0, 0.05) is 23.8 Å². The van der Waals surface area contributed by atoms with Crippen LogP contribution in [0.15, 0.2) is 34.3 Å². The monoisotopic (exact) mass is 238 g/mol. The Morgan fingerprint density at radius 3 is 2.78 bits per heavy atom. The zero-order valence-electron chi connectivity index (χ0n) is 10.2. The largest absolute Gasteiger partial charge is 0.460 e. The number of furan rings is 1. The number of Topliss-reactive ketones (excluding diaryl/α,β-unsaturated/α-hetero) is 1.